The lowest BCUT2D eigenvalue weighted by Gasteiger charge is -2.14. The zero-order valence-electron chi connectivity index (χ0n) is 16.4. The van der Waals surface area contributed by atoms with Crippen LogP contribution in [0.5, 0.6) is 11.5 Å². The Bertz CT molecular complexity index is 827. The van der Waals surface area contributed by atoms with Crippen molar-refractivity contribution < 1.29 is 19.4 Å². The molecule has 0 heterocycles. The number of urea groups is 1. The van der Waals surface area contributed by atoms with Crippen LogP contribution in [0.3, 0.4) is 0 Å². The van der Waals surface area contributed by atoms with E-state index in [1.54, 1.807) is 48.5 Å². The van der Waals surface area contributed by atoms with Gasteiger partial charge in [-0.25, -0.2) is 4.79 Å². The van der Waals surface area contributed by atoms with Gasteiger partial charge in [-0.05, 0) is 36.4 Å². The summed E-state index contributed by atoms with van der Waals surface area (Å²) in [6.45, 7) is 1.82. The first-order chi connectivity index (χ1) is 14.6. The average Bonchev–Trinajstić information content (AvgIpc) is 2.77. The number of hydrogen-bond donors (Lipinski definition) is 4. The molecule has 0 spiro atoms. The van der Waals surface area contributed by atoms with Gasteiger partial charge in [0.1, 0.15) is 30.3 Å². The maximum Gasteiger partial charge on any atom is 0.319 e. The first-order valence-electron chi connectivity index (χ1n) is 9.46. The predicted molar refractivity (Wildman–Crippen MR) is 118 cm³/mol. The molecule has 4 N–H and O–H groups in total. The number of carbonyl (C=O) groups excluding carboxylic acids is 1. The standard InChI is InChI=1S/C21H25BrN4O4/c22-9-12-29-19-7-5-17(6-8-19)26-21(28)25-11-10-24-14-18(27)15-30-20-4-2-1-3-16(20)13-23/h1-8,18,24,27H,9-12,14-15H2,(H2,25,26,28)/t18-/m0/s1. The maximum atomic E-state index is 11.9. The van der Waals surface area contributed by atoms with Crippen LogP contribution in [0.1, 0.15) is 5.56 Å². The number of benzene rings is 2. The Morgan fingerprint density at radius 3 is 2.63 bits per heavy atom. The number of para-hydroxylation sites is 1. The number of halogens is 1. The number of aliphatic hydroxyl groups is 1. The summed E-state index contributed by atoms with van der Waals surface area (Å²) in [6.07, 6.45) is -0.740. The molecule has 0 aliphatic carbocycles. The van der Waals surface area contributed by atoms with Crippen molar-refractivity contribution >= 4 is 27.6 Å². The van der Waals surface area contributed by atoms with E-state index in [2.05, 4.69) is 31.9 Å². The highest BCUT2D eigenvalue weighted by Crippen LogP contribution is 2.17. The number of aliphatic hydroxyl groups excluding tert-OH is 1. The Balaban J connectivity index is 1.57. The molecule has 8 nitrogen and oxygen atoms in total. The fourth-order valence-corrected chi connectivity index (χ4v) is 2.59. The fourth-order valence-electron chi connectivity index (χ4n) is 2.43. The minimum Gasteiger partial charge on any atom is -0.493 e. The first-order valence-corrected chi connectivity index (χ1v) is 10.6. The first kappa shape index (κ1) is 23.5. The molecule has 160 valence electrons. The van der Waals surface area contributed by atoms with Gasteiger partial charge in [0.15, 0.2) is 0 Å². The molecule has 0 aromatic heterocycles. The highest BCUT2D eigenvalue weighted by atomic mass is 79.9. The van der Waals surface area contributed by atoms with Crippen molar-refractivity contribution in [2.75, 3.05) is 43.5 Å². The summed E-state index contributed by atoms with van der Waals surface area (Å²) >= 11 is 3.29. The third kappa shape index (κ3) is 8.69. The van der Waals surface area contributed by atoms with Gasteiger partial charge in [-0.3, -0.25) is 0 Å². The number of anilines is 1. The Morgan fingerprint density at radius 2 is 1.90 bits per heavy atom. The molecule has 0 aliphatic rings. The lowest BCUT2D eigenvalue weighted by Crippen LogP contribution is -2.38. The smallest absolute Gasteiger partial charge is 0.319 e. The Labute approximate surface area is 184 Å². The number of carbonyl (C=O) groups is 1. The minimum atomic E-state index is -0.740. The molecule has 2 rings (SSSR count). The summed E-state index contributed by atoms with van der Waals surface area (Å²) < 4.78 is 10.9. The number of amides is 2. The molecule has 2 amide bonds. The van der Waals surface area contributed by atoms with E-state index in [1.807, 2.05) is 6.07 Å². The van der Waals surface area contributed by atoms with E-state index in [0.717, 1.165) is 11.1 Å². The van der Waals surface area contributed by atoms with Crippen LogP contribution in [0.2, 0.25) is 0 Å². The highest BCUT2D eigenvalue weighted by Gasteiger charge is 2.08. The largest absolute Gasteiger partial charge is 0.493 e. The van der Waals surface area contributed by atoms with Crippen LogP contribution in [-0.4, -0.2) is 55.4 Å². The molecule has 0 radical (unpaired) electrons. The van der Waals surface area contributed by atoms with E-state index in [-0.39, 0.29) is 12.6 Å². The molecule has 2 aromatic carbocycles. The third-order valence-electron chi connectivity index (χ3n) is 3.86. The molecular weight excluding hydrogens is 452 g/mol. The number of ether oxygens (including phenoxy) is 2. The number of nitriles is 1. The molecule has 0 saturated carbocycles. The Morgan fingerprint density at radius 1 is 1.13 bits per heavy atom. The fraction of sp³-hybridized carbons (Fsp3) is 0.333. The quantitative estimate of drug-likeness (QED) is 0.276. The van der Waals surface area contributed by atoms with Crippen molar-refractivity contribution in [1.82, 2.24) is 10.6 Å². The number of nitrogens with one attached hydrogen (secondary N) is 3. The molecule has 1 atom stereocenters. The monoisotopic (exact) mass is 476 g/mol. The number of hydrogen-bond acceptors (Lipinski definition) is 6. The van der Waals surface area contributed by atoms with Crippen LogP contribution in [0.25, 0.3) is 0 Å². The Hall–Kier alpha value is -2.80. The van der Waals surface area contributed by atoms with E-state index in [1.165, 1.54) is 0 Å². The zero-order valence-corrected chi connectivity index (χ0v) is 18.0. The van der Waals surface area contributed by atoms with Crippen LogP contribution in [-0.2, 0) is 0 Å². The summed E-state index contributed by atoms with van der Waals surface area (Å²) in [5.74, 6) is 1.18. The summed E-state index contributed by atoms with van der Waals surface area (Å²) in [4.78, 5) is 11.9. The SMILES string of the molecule is N#Cc1ccccc1OC[C@@H](O)CNCCNC(=O)Nc1ccc(OCCBr)cc1. The second kappa shape index (κ2) is 13.4. The van der Waals surface area contributed by atoms with E-state index in [4.69, 9.17) is 14.7 Å². The normalized spacial score (nSPS) is 11.2. The van der Waals surface area contributed by atoms with Crippen LogP contribution >= 0.6 is 15.9 Å². The number of nitrogens with zero attached hydrogens (tertiary/aromatic N) is 1. The van der Waals surface area contributed by atoms with Gasteiger partial charge in [-0.2, -0.15) is 5.26 Å². The molecule has 30 heavy (non-hydrogen) atoms. The molecule has 0 saturated heterocycles. The summed E-state index contributed by atoms with van der Waals surface area (Å²) in [5, 5.41) is 28.2. The van der Waals surface area contributed by atoms with Gasteiger partial charge in [0, 0.05) is 30.7 Å². The van der Waals surface area contributed by atoms with Gasteiger partial charge < -0.3 is 30.5 Å². The van der Waals surface area contributed by atoms with Gasteiger partial charge in [0.05, 0.1) is 12.2 Å². The molecule has 2 aromatic rings. The van der Waals surface area contributed by atoms with Gasteiger partial charge in [0.25, 0.3) is 0 Å². The van der Waals surface area contributed by atoms with Crippen LogP contribution < -0.4 is 25.4 Å². The molecular formula is C21H25BrN4O4. The van der Waals surface area contributed by atoms with E-state index >= 15 is 0 Å². The minimum absolute atomic E-state index is 0.0644. The second-order valence-corrected chi connectivity index (χ2v) is 7.01. The average molecular weight is 477 g/mol. The summed E-state index contributed by atoms with van der Waals surface area (Å²) in [7, 11) is 0. The zero-order chi connectivity index (χ0) is 21.6. The van der Waals surface area contributed by atoms with Gasteiger partial charge in [0.2, 0.25) is 0 Å². The van der Waals surface area contributed by atoms with Crippen molar-refractivity contribution in [3.63, 3.8) is 0 Å². The molecule has 0 fully saturated rings. The molecule has 0 unspecified atom stereocenters. The van der Waals surface area contributed by atoms with Crippen molar-refractivity contribution in [2.24, 2.45) is 0 Å². The van der Waals surface area contributed by atoms with E-state index in [9.17, 15) is 9.90 Å². The van der Waals surface area contributed by atoms with Crippen LogP contribution in [0.4, 0.5) is 10.5 Å². The van der Waals surface area contributed by atoms with Crippen molar-refractivity contribution in [2.45, 2.75) is 6.10 Å². The predicted octanol–water partition coefficient (Wildman–Crippen LogP) is 2.48. The third-order valence-corrected chi connectivity index (χ3v) is 4.19. The number of rotatable bonds is 12. The van der Waals surface area contributed by atoms with Crippen molar-refractivity contribution in [1.29, 1.82) is 5.26 Å². The van der Waals surface area contributed by atoms with E-state index < -0.39 is 6.10 Å². The van der Waals surface area contributed by atoms with Crippen molar-refractivity contribution in [3.8, 4) is 17.6 Å². The van der Waals surface area contributed by atoms with E-state index in [0.29, 0.717) is 43.2 Å². The lowest BCUT2D eigenvalue weighted by molar-refractivity contribution is 0.106. The van der Waals surface area contributed by atoms with Gasteiger partial charge in [-0.1, -0.05) is 28.1 Å². The topological polar surface area (TPSA) is 116 Å². The van der Waals surface area contributed by atoms with Gasteiger partial charge in [-0.15, -0.1) is 0 Å². The molecule has 0 bridgehead atoms. The Kier molecular flexibility index (Phi) is 10.5. The maximum absolute atomic E-state index is 11.9. The summed E-state index contributed by atoms with van der Waals surface area (Å²) in [6, 6.07) is 15.7. The summed E-state index contributed by atoms with van der Waals surface area (Å²) in [5.41, 5.74) is 1.09. The van der Waals surface area contributed by atoms with Crippen LogP contribution in [0, 0.1) is 11.3 Å². The van der Waals surface area contributed by atoms with Crippen molar-refractivity contribution in [3.05, 3.63) is 54.1 Å². The lowest BCUT2D eigenvalue weighted by atomic mass is 10.2. The molecule has 9 heteroatoms. The highest BCUT2D eigenvalue weighted by molar-refractivity contribution is 9.09. The number of alkyl halides is 1. The second-order valence-electron chi connectivity index (χ2n) is 6.22. The molecule has 0 aliphatic heterocycles. The van der Waals surface area contributed by atoms with Gasteiger partial charge >= 0.3 is 6.03 Å². The van der Waals surface area contributed by atoms with Crippen LogP contribution in [0.15, 0.2) is 48.5 Å².